The first-order valence-electron chi connectivity index (χ1n) is 6.33. The third kappa shape index (κ3) is 2.56. The van der Waals surface area contributed by atoms with Crippen molar-refractivity contribution < 1.29 is 19.0 Å². The number of rotatable bonds is 3. The van der Waals surface area contributed by atoms with Crippen LogP contribution in [0.1, 0.15) is 23.7 Å². The minimum Gasteiger partial charge on any atom is -0.497 e. The van der Waals surface area contributed by atoms with E-state index in [1.165, 1.54) is 19.2 Å². The van der Waals surface area contributed by atoms with Crippen molar-refractivity contribution in [3.63, 3.8) is 0 Å². The number of hydrogen-bond acceptors (Lipinski definition) is 3. The van der Waals surface area contributed by atoms with Gasteiger partial charge in [-0.3, -0.25) is 4.79 Å². The molecule has 0 bridgehead atoms. The third-order valence-electron chi connectivity index (χ3n) is 3.74. The molecule has 1 N–H and O–H groups in total. The molecule has 2 unspecified atom stereocenters. The summed E-state index contributed by atoms with van der Waals surface area (Å²) in [5.41, 5.74) is 0.0216. The fourth-order valence-corrected chi connectivity index (χ4v) is 2.49. The van der Waals surface area contributed by atoms with Crippen LogP contribution in [0.5, 0.6) is 5.75 Å². The first kappa shape index (κ1) is 13.8. The van der Waals surface area contributed by atoms with Crippen LogP contribution in [0.3, 0.4) is 0 Å². The Balaban J connectivity index is 2.24. The Hall–Kier alpha value is -1.62. The van der Waals surface area contributed by atoms with Gasteiger partial charge in [0.1, 0.15) is 11.6 Å². The summed E-state index contributed by atoms with van der Waals surface area (Å²) < 4.78 is 18.8. The Bertz CT molecular complexity index is 478. The quantitative estimate of drug-likeness (QED) is 0.906. The SMILES string of the molecule is COc1ccc(C(=O)N2CCC(C)C2CO)c(F)c1. The summed E-state index contributed by atoms with van der Waals surface area (Å²) in [6.07, 6.45) is 0.828. The molecule has 1 aromatic carbocycles. The number of hydrogen-bond donors (Lipinski definition) is 1. The van der Waals surface area contributed by atoms with Crippen molar-refractivity contribution in [1.29, 1.82) is 0 Å². The highest BCUT2D eigenvalue weighted by Gasteiger charge is 2.35. The van der Waals surface area contributed by atoms with Crippen LogP contribution in [0.4, 0.5) is 4.39 Å². The highest BCUT2D eigenvalue weighted by atomic mass is 19.1. The van der Waals surface area contributed by atoms with Gasteiger partial charge in [-0.1, -0.05) is 6.92 Å². The number of nitrogens with zero attached hydrogens (tertiary/aromatic N) is 1. The number of amides is 1. The number of likely N-dealkylation sites (tertiary alicyclic amines) is 1. The zero-order chi connectivity index (χ0) is 14.0. The predicted molar refractivity (Wildman–Crippen MR) is 68.6 cm³/mol. The molecule has 1 fully saturated rings. The van der Waals surface area contributed by atoms with E-state index in [4.69, 9.17) is 4.74 Å². The van der Waals surface area contributed by atoms with E-state index in [-0.39, 0.29) is 30.0 Å². The molecule has 19 heavy (non-hydrogen) atoms. The molecule has 0 radical (unpaired) electrons. The summed E-state index contributed by atoms with van der Waals surface area (Å²) in [6, 6.07) is 3.95. The van der Waals surface area contributed by atoms with E-state index < -0.39 is 5.82 Å². The Kier molecular flexibility index (Phi) is 4.04. The Morgan fingerprint density at radius 3 is 2.89 bits per heavy atom. The van der Waals surface area contributed by atoms with Gasteiger partial charge in [0, 0.05) is 12.6 Å². The smallest absolute Gasteiger partial charge is 0.257 e. The number of carbonyl (C=O) groups is 1. The average molecular weight is 267 g/mol. The van der Waals surface area contributed by atoms with Gasteiger partial charge in [-0.05, 0) is 24.5 Å². The van der Waals surface area contributed by atoms with Crippen molar-refractivity contribution in [2.75, 3.05) is 20.3 Å². The lowest BCUT2D eigenvalue weighted by atomic mass is 10.0. The summed E-state index contributed by atoms with van der Waals surface area (Å²) in [5, 5.41) is 9.35. The Morgan fingerprint density at radius 2 is 2.32 bits per heavy atom. The van der Waals surface area contributed by atoms with Gasteiger partial charge in [-0.15, -0.1) is 0 Å². The van der Waals surface area contributed by atoms with Gasteiger partial charge in [-0.25, -0.2) is 4.39 Å². The second-order valence-corrected chi connectivity index (χ2v) is 4.86. The van der Waals surface area contributed by atoms with Gasteiger partial charge in [0.2, 0.25) is 0 Å². The second kappa shape index (κ2) is 5.57. The summed E-state index contributed by atoms with van der Waals surface area (Å²) in [4.78, 5) is 13.9. The van der Waals surface area contributed by atoms with Gasteiger partial charge >= 0.3 is 0 Å². The van der Waals surface area contributed by atoms with Crippen LogP contribution >= 0.6 is 0 Å². The van der Waals surface area contributed by atoms with Crippen molar-refractivity contribution >= 4 is 5.91 Å². The second-order valence-electron chi connectivity index (χ2n) is 4.86. The number of benzene rings is 1. The van der Waals surface area contributed by atoms with Crippen LogP contribution in [-0.2, 0) is 0 Å². The lowest BCUT2D eigenvalue weighted by molar-refractivity contribution is 0.0643. The maximum Gasteiger partial charge on any atom is 0.257 e. The minimum atomic E-state index is -0.597. The molecule has 1 heterocycles. The Labute approximate surface area is 111 Å². The molecule has 2 atom stereocenters. The van der Waals surface area contributed by atoms with Gasteiger partial charge in [0.05, 0.1) is 25.3 Å². The van der Waals surface area contributed by atoms with Crippen molar-refractivity contribution in [1.82, 2.24) is 4.90 Å². The molecule has 1 aliphatic rings. The monoisotopic (exact) mass is 267 g/mol. The average Bonchev–Trinajstić information content (AvgIpc) is 2.78. The van der Waals surface area contributed by atoms with Crippen LogP contribution in [0, 0.1) is 11.7 Å². The number of halogens is 1. The lowest BCUT2D eigenvalue weighted by Crippen LogP contribution is -2.40. The summed E-state index contributed by atoms with van der Waals surface area (Å²) >= 11 is 0. The molecule has 0 aliphatic carbocycles. The molecule has 0 saturated carbocycles. The molecule has 1 saturated heterocycles. The first-order chi connectivity index (χ1) is 9.08. The fraction of sp³-hybridized carbons (Fsp3) is 0.500. The molecule has 4 nitrogen and oxygen atoms in total. The van der Waals surface area contributed by atoms with Crippen LogP contribution in [0.15, 0.2) is 18.2 Å². The largest absolute Gasteiger partial charge is 0.497 e. The highest BCUT2D eigenvalue weighted by Crippen LogP contribution is 2.26. The molecule has 0 aromatic heterocycles. The number of aliphatic hydroxyl groups is 1. The number of carbonyl (C=O) groups excluding carboxylic acids is 1. The topological polar surface area (TPSA) is 49.8 Å². The predicted octanol–water partition coefficient (Wildman–Crippen LogP) is 1.68. The van der Waals surface area contributed by atoms with Crippen LogP contribution < -0.4 is 4.74 Å². The molecule has 1 amide bonds. The van der Waals surface area contributed by atoms with E-state index >= 15 is 0 Å². The lowest BCUT2D eigenvalue weighted by Gasteiger charge is -2.25. The molecule has 0 spiro atoms. The normalized spacial score (nSPS) is 22.6. The molecule has 5 heteroatoms. The van der Waals surface area contributed by atoms with Gasteiger partial charge in [0.25, 0.3) is 5.91 Å². The maximum atomic E-state index is 13.9. The zero-order valence-electron chi connectivity index (χ0n) is 11.1. The number of methoxy groups -OCH3 is 1. The van der Waals surface area contributed by atoms with Crippen LogP contribution in [0.2, 0.25) is 0 Å². The van der Waals surface area contributed by atoms with Crippen molar-refractivity contribution in [3.05, 3.63) is 29.6 Å². The van der Waals surface area contributed by atoms with E-state index in [0.29, 0.717) is 12.3 Å². The van der Waals surface area contributed by atoms with Crippen molar-refractivity contribution in [2.45, 2.75) is 19.4 Å². The molecular formula is C14H18FNO3. The summed E-state index contributed by atoms with van der Waals surface area (Å²) in [6.45, 7) is 2.44. The van der Waals surface area contributed by atoms with E-state index in [0.717, 1.165) is 6.42 Å². The maximum absolute atomic E-state index is 13.9. The molecule has 104 valence electrons. The molecule has 1 aromatic rings. The van der Waals surface area contributed by atoms with E-state index in [9.17, 15) is 14.3 Å². The third-order valence-corrected chi connectivity index (χ3v) is 3.74. The molecule has 1 aliphatic heterocycles. The Morgan fingerprint density at radius 1 is 1.58 bits per heavy atom. The standard InChI is InChI=1S/C14H18FNO3/c1-9-5-6-16(13(9)8-17)14(18)11-4-3-10(19-2)7-12(11)15/h3-4,7,9,13,17H,5-6,8H2,1-2H3. The van der Waals surface area contributed by atoms with E-state index in [1.807, 2.05) is 6.92 Å². The van der Waals surface area contributed by atoms with Crippen LogP contribution in [0.25, 0.3) is 0 Å². The summed E-state index contributed by atoms with van der Waals surface area (Å²) in [5.74, 6) is -0.359. The van der Waals surface area contributed by atoms with E-state index in [1.54, 1.807) is 11.0 Å². The first-order valence-corrected chi connectivity index (χ1v) is 6.33. The molecule has 2 rings (SSSR count). The van der Waals surface area contributed by atoms with E-state index in [2.05, 4.69) is 0 Å². The van der Waals surface area contributed by atoms with Crippen LogP contribution in [-0.4, -0.2) is 42.2 Å². The van der Waals surface area contributed by atoms with Crippen molar-refractivity contribution in [2.24, 2.45) is 5.92 Å². The summed E-state index contributed by atoms with van der Waals surface area (Å²) in [7, 11) is 1.44. The van der Waals surface area contributed by atoms with Crippen molar-refractivity contribution in [3.8, 4) is 5.75 Å². The van der Waals surface area contributed by atoms with Gasteiger partial charge in [0.15, 0.2) is 0 Å². The molecular weight excluding hydrogens is 249 g/mol. The zero-order valence-corrected chi connectivity index (χ0v) is 11.1. The highest BCUT2D eigenvalue weighted by molar-refractivity contribution is 5.95. The minimum absolute atomic E-state index is 0.0216. The van der Waals surface area contributed by atoms with Gasteiger partial charge in [-0.2, -0.15) is 0 Å². The number of aliphatic hydroxyl groups excluding tert-OH is 1. The fourth-order valence-electron chi connectivity index (χ4n) is 2.49. The van der Waals surface area contributed by atoms with Gasteiger partial charge < -0.3 is 14.7 Å². The number of ether oxygens (including phenoxy) is 1.